The van der Waals surface area contributed by atoms with Crippen LogP contribution in [-0.4, -0.2) is 44.6 Å². The molecule has 2 fully saturated rings. The van der Waals surface area contributed by atoms with Gasteiger partial charge in [-0.3, -0.25) is 18.9 Å². The first-order chi connectivity index (χ1) is 13.7. The standard InChI is InChI=1S/C21H24N4O2S2/c1-12-5-6-17-22-18(24-9-13(2)7-14(3)10-24)15(19(26)25(17)11-12)8-16-20(27)23(4)21(28)29-16/h5-6,8,11,13-14H,7,9-10H2,1-4H3/b16-8-/t13-,14-/m0/s1. The van der Waals surface area contributed by atoms with Gasteiger partial charge in [-0.05, 0) is 42.9 Å². The van der Waals surface area contributed by atoms with Crippen molar-refractivity contribution in [2.45, 2.75) is 27.2 Å². The lowest BCUT2D eigenvalue weighted by molar-refractivity contribution is -0.121. The van der Waals surface area contributed by atoms with E-state index in [1.807, 2.05) is 19.1 Å². The number of piperidine rings is 1. The molecule has 29 heavy (non-hydrogen) atoms. The highest BCUT2D eigenvalue weighted by Crippen LogP contribution is 2.33. The molecule has 0 saturated carbocycles. The normalized spacial score (nSPS) is 24.2. The Morgan fingerprint density at radius 1 is 1.21 bits per heavy atom. The minimum absolute atomic E-state index is 0.166. The summed E-state index contributed by atoms with van der Waals surface area (Å²) in [5.41, 5.74) is 1.87. The molecule has 0 aliphatic carbocycles. The summed E-state index contributed by atoms with van der Waals surface area (Å²) in [6.07, 6.45) is 4.62. The largest absolute Gasteiger partial charge is 0.355 e. The number of thioether (sulfide) groups is 1. The zero-order chi connectivity index (χ0) is 20.9. The SMILES string of the molecule is Cc1ccc2nc(N3C[C@@H](C)C[C@H](C)C3)c(/C=C3\SC(=S)N(C)C3=O)c(=O)n2c1. The van der Waals surface area contributed by atoms with Crippen molar-refractivity contribution < 1.29 is 4.79 Å². The third kappa shape index (κ3) is 3.71. The van der Waals surface area contributed by atoms with E-state index in [0.717, 1.165) is 25.1 Å². The van der Waals surface area contributed by atoms with Crippen LogP contribution >= 0.6 is 24.0 Å². The van der Waals surface area contributed by atoms with Crippen LogP contribution in [0.1, 0.15) is 31.4 Å². The lowest BCUT2D eigenvalue weighted by Gasteiger charge is -2.36. The van der Waals surface area contributed by atoms with Crippen LogP contribution in [0.4, 0.5) is 5.82 Å². The minimum Gasteiger partial charge on any atom is -0.355 e. The lowest BCUT2D eigenvalue weighted by atomic mass is 9.91. The van der Waals surface area contributed by atoms with Gasteiger partial charge < -0.3 is 4.90 Å². The van der Waals surface area contributed by atoms with Crippen molar-refractivity contribution in [3.63, 3.8) is 0 Å². The quantitative estimate of drug-likeness (QED) is 0.540. The molecule has 8 heteroatoms. The molecule has 2 aromatic rings. The van der Waals surface area contributed by atoms with Crippen LogP contribution in [0.15, 0.2) is 28.0 Å². The van der Waals surface area contributed by atoms with Gasteiger partial charge in [0, 0.05) is 26.3 Å². The van der Waals surface area contributed by atoms with Crippen molar-refractivity contribution in [3.05, 3.63) is 44.7 Å². The molecule has 2 saturated heterocycles. The summed E-state index contributed by atoms with van der Waals surface area (Å²) in [6.45, 7) is 8.07. The maximum absolute atomic E-state index is 13.4. The summed E-state index contributed by atoms with van der Waals surface area (Å²) in [5.74, 6) is 1.50. The monoisotopic (exact) mass is 428 g/mol. The molecule has 2 aliphatic rings. The first-order valence-corrected chi connectivity index (χ1v) is 11.0. The van der Waals surface area contributed by atoms with Crippen LogP contribution in [0.2, 0.25) is 0 Å². The summed E-state index contributed by atoms with van der Waals surface area (Å²) in [5, 5.41) is 0. The summed E-state index contributed by atoms with van der Waals surface area (Å²) >= 11 is 6.47. The van der Waals surface area contributed by atoms with E-state index in [2.05, 4.69) is 18.7 Å². The molecule has 0 N–H and O–H groups in total. The topological polar surface area (TPSA) is 57.9 Å². The summed E-state index contributed by atoms with van der Waals surface area (Å²) < 4.78 is 2.06. The first-order valence-electron chi connectivity index (χ1n) is 9.74. The number of amides is 1. The predicted octanol–water partition coefficient (Wildman–Crippen LogP) is 3.32. The van der Waals surface area contributed by atoms with Gasteiger partial charge in [0.2, 0.25) is 0 Å². The van der Waals surface area contributed by atoms with E-state index in [9.17, 15) is 9.59 Å². The van der Waals surface area contributed by atoms with Crippen molar-refractivity contribution in [2.75, 3.05) is 25.0 Å². The Kier molecular flexibility index (Phi) is 5.25. The van der Waals surface area contributed by atoms with Crippen LogP contribution < -0.4 is 10.5 Å². The Balaban J connectivity index is 1.93. The number of rotatable bonds is 2. The fraction of sp³-hybridized carbons (Fsp3) is 0.429. The molecule has 1 amide bonds. The predicted molar refractivity (Wildman–Crippen MR) is 122 cm³/mol. The van der Waals surface area contributed by atoms with Crippen molar-refractivity contribution >= 4 is 51.7 Å². The van der Waals surface area contributed by atoms with Crippen LogP contribution in [0.5, 0.6) is 0 Å². The van der Waals surface area contributed by atoms with Crippen LogP contribution in [0, 0.1) is 18.8 Å². The van der Waals surface area contributed by atoms with Gasteiger partial charge in [0.15, 0.2) is 0 Å². The number of carbonyl (C=O) groups excluding carboxylic acids is 1. The molecule has 0 spiro atoms. The summed E-state index contributed by atoms with van der Waals surface area (Å²) in [6, 6.07) is 3.82. The van der Waals surface area contributed by atoms with Gasteiger partial charge >= 0.3 is 0 Å². The molecule has 0 bridgehead atoms. The Labute approximate surface area is 179 Å². The number of thiocarbonyl (C=S) groups is 1. The number of nitrogens with zero attached hydrogens (tertiary/aromatic N) is 4. The average molecular weight is 429 g/mol. The van der Waals surface area contributed by atoms with Crippen molar-refractivity contribution in [3.8, 4) is 0 Å². The number of hydrogen-bond donors (Lipinski definition) is 0. The highest BCUT2D eigenvalue weighted by Gasteiger charge is 2.31. The highest BCUT2D eigenvalue weighted by atomic mass is 32.2. The second kappa shape index (κ2) is 7.57. The molecule has 152 valence electrons. The lowest BCUT2D eigenvalue weighted by Crippen LogP contribution is -2.40. The minimum atomic E-state index is -0.180. The fourth-order valence-electron chi connectivity index (χ4n) is 4.13. The molecule has 2 aromatic heterocycles. The highest BCUT2D eigenvalue weighted by molar-refractivity contribution is 8.26. The number of anilines is 1. The van der Waals surface area contributed by atoms with Gasteiger partial charge in [-0.15, -0.1) is 0 Å². The number of fused-ring (bicyclic) bond motifs is 1. The molecule has 0 aromatic carbocycles. The van der Waals surface area contributed by atoms with Gasteiger partial charge in [0.25, 0.3) is 11.5 Å². The maximum atomic E-state index is 13.4. The molecular formula is C21H24N4O2S2. The Bertz CT molecular complexity index is 1100. The van der Waals surface area contributed by atoms with Gasteiger partial charge in [0.05, 0.1) is 10.5 Å². The molecule has 2 atom stereocenters. The van der Waals surface area contributed by atoms with Crippen molar-refractivity contribution in [1.29, 1.82) is 0 Å². The molecule has 6 nitrogen and oxygen atoms in total. The van der Waals surface area contributed by atoms with Gasteiger partial charge in [-0.2, -0.15) is 0 Å². The van der Waals surface area contributed by atoms with E-state index in [0.29, 0.717) is 38.1 Å². The maximum Gasteiger partial charge on any atom is 0.267 e. The van der Waals surface area contributed by atoms with E-state index >= 15 is 0 Å². The Morgan fingerprint density at radius 2 is 1.90 bits per heavy atom. The molecule has 4 heterocycles. The molecule has 0 unspecified atom stereocenters. The smallest absolute Gasteiger partial charge is 0.267 e. The molecule has 2 aliphatic heterocycles. The van der Waals surface area contributed by atoms with E-state index < -0.39 is 0 Å². The van der Waals surface area contributed by atoms with Crippen LogP contribution in [0.25, 0.3) is 11.7 Å². The number of aryl methyl sites for hydroxylation is 1. The number of likely N-dealkylation sites (N-methyl/N-ethyl adjacent to an activating group) is 1. The van der Waals surface area contributed by atoms with Gasteiger partial charge in [-0.25, -0.2) is 4.98 Å². The second-order valence-electron chi connectivity index (χ2n) is 8.18. The fourth-order valence-corrected chi connectivity index (χ4v) is 5.29. The number of pyridine rings is 1. The van der Waals surface area contributed by atoms with Crippen LogP contribution in [0.3, 0.4) is 0 Å². The van der Waals surface area contributed by atoms with Gasteiger partial charge in [-0.1, -0.05) is 43.9 Å². The third-order valence-corrected chi connectivity index (χ3v) is 6.90. The second-order valence-corrected chi connectivity index (χ2v) is 9.86. The molecule has 4 rings (SSSR count). The number of aromatic nitrogens is 2. The average Bonchev–Trinajstić information content (AvgIpc) is 2.90. The van der Waals surface area contributed by atoms with E-state index in [1.165, 1.54) is 16.7 Å². The van der Waals surface area contributed by atoms with Crippen molar-refractivity contribution in [2.24, 2.45) is 11.8 Å². The first kappa shape index (κ1) is 20.1. The van der Waals surface area contributed by atoms with Crippen molar-refractivity contribution in [1.82, 2.24) is 14.3 Å². The van der Waals surface area contributed by atoms with Gasteiger partial charge in [0.1, 0.15) is 15.8 Å². The summed E-state index contributed by atoms with van der Waals surface area (Å²) in [7, 11) is 1.66. The molecular weight excluding hydrogens is 404 g/mol. The zero-order valence-electron chi connectivity index (χ0n) is 17.0. The molecule has 0 radical (unpaired) electrons. The van der Waals surface area contributed by atoms with E-state index in [4.69, 9.17) is 17.2 Å². The number of carbonyl (C=O) groups is 1. The van der Waals surface area contributed by atoms with E-state index in [-0.39, 0.29) is 11.5 Å². The third-order valence-electron chi connectivity index (χ3n) is 5.42. The summed E-state index contributed by atoms with van der Waals surface area (Å²) in [4.78, 5) is 34.9. The zero-order valence-corrected chi connectivity index (χ0v) is 18.6. The van der Waals surface area contributed by atoms with Crippen LogP contribution in [-0.2, 0) is 4.79 Å². The van der Waals surface area contributed by atoms with E-state index in [1.54, 1.807) is 23.7 Å². The number of hydrogen-bond acceptors (Lipinski definition) is 6. The Morgan fingerprint density at radius 3 is 2.52 bits per heavy atom. The Hall–Kier alpha value is -2.19.